The molecule has 13 heavy (non-hydrogen) atoms. The summed E-state index contributed by atoms with van der Waals surface area (Å²) in [6, 6.07) is 0. The van der Waals surface area contributed by atoms with Gasteiger partial charge in [0.1, 0.15) is 5.84 Å². The van der Waals surface area contributed by atoms with Gasteiger partial charge in [-0.1, -0.05) is 13.8 Å². The first-order valence-electron chi connectivity index (χ1n) is 4.20. The molecule has 4 heteroatoms. The van der Waals surface area contributed by atoms with Crippen LogP contribution >= 0.6 is 0 Å². The summed E-state index contributed by atoms with van der Waals surface area (Å²) in [7, 11) is 3.75. The van der Waals surface area contributed by atoms with Gasteiger partial charge in [-0.15, -0.1) is 0 Å². The van der Waals surface area contributed by atoms with Gasteiger partial charge in [0.25, 0.3) is 0 Å². The van der Waals surface area contributed by atoms with Crippen molar-refractivity contribution in [3.05, 3.63) is 11.8 Å². The molecule has 0 spiro atoms. The fourth-order valence-corrected chi connectivity index (χ4v) is 0.612. The SMILES string of the molecule is C/C(=C/N(C)C)C(N)=NC=O.CC. The van der Waals surface area contributed by atoms with Crippen molar-refractivity contribution in [1.82, 2.24) is 4.90 Å². The lowest BCUT2D eigenvalue weighted by Gasteiger charge is -2.06. The van der Waals surface area contributed by atoms with Gasteiger partial charge in [0.2, 0.25) is 6.41 Å². The van der Waals surface area contributed by atoms with Gasteiger partial charge in [0, 0.05) is 25.9 Å². The van der Waals surface area contributed by atoms with Crippen molar-refractivity contribution in [1.29, 1.82) is 0 Å². The van der Waals surface area contributed by atoms with Gasteiger partial charge in [0.05, 0.1) is 0 Å². The van der Waals surface area contributed by atoms with Crippen molar-refractivity contribution in [3.63, 3.8) is 0 Å². The first-order valence-corrected chi connectivity index (χ1v) is 4.20. The van der Waals surface area contributed by atoms with Gasteiger partial charge >= 0.3 is 0 Å². The van der Waals surface area contributed by atoms with Crippen molar-refractivity contribution < 1.29 is 4.79 Å². The second-order valence-corrected chi connectivity index (χ2v) is 2.40. The maximum Gasteiger partial charge on any atom is 0.234 e. The summed E-state index contributed by atoms with van der Waals surface area (Å²) in [6.45, 7) is 5.79. The molecule has 2 N–H and O–H groups in total. The van der Waals surface area contributed by atoms with E-state index in [0.29, 0.717) is 6.41 Å². The molecule has 0 saturated heterocycles. The number of hydrogen-bond acceptors (Lipinski definition) is 2. The first-order chi connectivity index (χ1) is 6.07. The summed E-state index contributed by atoms with van der Waals surface area (Å²) < 4.78 is 0. The smallest absolute Gasteiger partial charge is 0.234 e. The van der Waals surface area contributed by atoms with E-state index < -0.39 is 0 Å². The van der Waals surface area contributed by atoms with E-state index in [1.807, 2.05) is 32.8 Å². The standard InChI is InChI=1S/C7H13N3O.C2H6/c1-6(4-10(2)3)7(8)9-5-11;1-2/h4-5H,1-3H3,(H2,8,9,11);1-2H3/b6-4-;. The number of rotatable bonds is 3. The second-order valence-electron chi connectivity index (χ2n) is 2.40. The highest BCUT2D eigenvalue weighted by Crippen LogP contribution is 1.92. The monoisotopic (exact) mass is 185 g/mol. The number of hydrogen-bond donors (Lipinski definition) is 1. The Bertz CT molecular complexity index is 195. The van der Waals surface area contributed by atoms with Crippen LogP contribution in [-0.2, 0) is 4.79 Å². The maximum absolute atomic E-state index is 9.90. The lowest BCUT2D eigenvalue weighted by molar-refractivity contribution is -0.106. The van der Waals surface area contributed by atoms with Crippen molar-refractivity contribution in [2.75, 3.05) is 14.1 Å². The Balaban J connectivity index is 0. The van der Waals surface area contributed by atoms with E-state index >= 15 is 0 Å². The van der Waals surface area contributed by atoms with Gasteiger partial charge in [0.15, 0.2) is 0 Å². The van der Waals surface area contributed by atoms with E-state index in [1.165, 1.54) is 0 Å². The zero-order valence-corrected chi connectivity index (χ0v) is 9.03. The average molecular weight is 185 g/mol. The maximum atomic E-state index is 9.90. The van der Waals surface area contributed by atoms with Crippen LogP contribution in [0.2, 0.25) is 0 Å². The minimum atomic E-state index is 0.258. The van der Waals surface area contributed by atoms with Gasteiger partial charge in [-0.3, -0.25) is 4.79 Å². The number of nitrogens with two attached hydrogens (primary N) is 1. The first kappa shape index (κ1) is 14.2. The topological polar surface area (TPSA) is 58.7 Å². The van der Waals surface area contributed by atoms with Crippen LogP contribution in [-0.4, -0.2) is 31.2 Å². The van der Waals surface area contributed by atoms with Crippen LogP contribution in [0.4, 0.5) is 0 Å². The fourth-order valence-electron chi connectivity index (χ4n) is 0.612. The lowest BCUT2D eigenvalue weighted by Crippen LogP contribution is -2.15. The number of amides is 1. The third-order valence-corrected chi connectivity index (χ3v) is 1.05. The van der Waals surface area contributed by atoms with E-state index in [4.69, 9.17) is 5.73 Å². The molecule has 76 valence electrons. The summed E-state index contributed by atoms with van der Waals surface area (Å²) in [5, 5.41) is 0. The summed E-state index contributed by atoms with van der Waals surface area (Å²) in [4.78, 5) is 15.1. The summed E-state index contributed by atoms with van der Waals surface area (Å²) in [5.74, 6) is 0.258. The van der Waals surface area contributed by atoms with Crippen LogP contribution in [0.3, 0.4) is 0 Å². The molecule has 0 aromatic rings. The van der Waals surface area contributed by atoms with Crippen molar-refractivity contribution >= 4 is 12.2 Å². The quantitative estimate of drug-likeness (QED) is 0.405. The molecule has 0 fully saturated rings. The molecule has 0 atom stereocenters. The largest absolute Gasteiger partial charge is 0.383 e. The Morgan fingerprint density at radius 2 is 1.85 bits per heavy atom. The molecule has 0 radical (unpaired) electrons. The Labute approximate surface area is 80.1 Å². The Hall–Kier alpha value is -1.32. The number of carbonyl (C=O) groups is 1. The van der Waals surface area contributed by atoms with Crippen molar-refractivity contribution in [2.45, 2.75) is 20.8 Å². The van der Waals surface area contributed by atoms with Gasteiger partial charge in [-0.25, -0.2) is 0 Å². The molecule has 0 heterocycles. The van der Waals surface area contributed by atoms with E-state index in [9.17, 15) is 4.79 Å². The molecule has 0 bridgehead atoms. The molecule has 0 aromatic heterocycles. The summed E-state index contributed by atoms with van der Waals surface area (Å²) in [6.07, 6.45) is 2.23. The molecular weight excluding hydrogens is 166 g/mol. The van der Waals surface area contributed by atoms with Crippen molar-refractivity contribution in [3.8, 4) is 0 Å². The van der Waals surface area contributed by atoms with Crippen LogP contribution in [0.25, 0.3) is 0 Å². The molecule has 4 nitrogen and oxygen atoms in total. The highest BCUT2D eigenvalue weighted by atomic mass is 16.1. The molecule has 0 saturated carbocycles. The van der Waals surface area contributed by atoms with Crippen LogP contribution in [0, 0.1) is 0 Å². The van der Waals surface area contributed by atoms with E-state index in [2.05, 4.69) is 4.99 Å². The third kappa shape index (κ3) is 8.59. The molecule has 0 aromatic carbocycles. The second kappa shape index (κ2) is 8.77. The average Bonchev–Trinajstić information content (AvgIpc) is 2.07. The Morgan fingerprint density at radius 3 is 2.15 bits per heavy atom. The number of carbonyl (C=O) groups excluding carboxylic acids is 1. The zero-order chi connectivity index (χ0) is 10.9. The van der Waals surface area contributed by atoms with Gasteiger partial charge in [-0.05, 0) is 6.92 Å². The number of nitrogens with zero attached hydrogens (tertiary/aromatic N) is 2. The molecule has 0 aliphatic rings. The van der Waals surface area contributed by atoms with Gasteiger partial charge < -0.3 is 10.6 Å². The molecule has 0 aliphatic carbocycles. The third-order valence-electron chi connectivity index (χ3n) is 1.05. The molecule has 0 unspecified atom stereocenters. The van der Waals surface area contributed by atoms with Gasteiger partial charge in [-0.2, -0.15) is 4.99 Å². The van der Waals surface area contributed by atoms with E-state index in [0.717, 1.165) is 5.57 Å². The number of aliphatic imine (C=N–C) groups is 1. The Kier molecular flexibility index (Phi) is 9.60. The minimum absolute atomic E-state index is 0.258. The van der Waals surface area contributed by atoms with Crippen LogP contribution in [0.1, 0.15) is 20.8 Å². The fraction of sp³-hybridized carbons (Fsp3) is 0.556. The highest BCUT2D eigenvalue weighted by molar-refractivity contribution is 5.99. The van der Waals surface area contributed by atoms with E-state index in [1.54, 1.807) is 13.1 Å². The minimum Gasteiger partial charge on any atom is -0.383 e. The molecule has 1 amide bonds. The number of amidine groups is 1. The molecule has 0 aliphatic heterocycles. The van der Waals surface area contributed by atoms with Crippen LogP contribution in [0.5, 0.6) is 0 Å². The summed E-state index contributed by atoms with van der Waals surface area (Å²) in [5.41, 5.74) is 6.18. The normalized spacial score (nSPS) is 11.5. The predicted octanol–water partition coefficient (Wildman–Crippen LogP) is 0.992. The molecule has 0 rings (SSSR count). The predicted molar refractivity (Wildman–Crippen MR) is 56.5 cm³/mol. The van der Waals surface area contributed by atoms with Crippen LogP contribution < -0.4 is 5.73 Å². The molecular formula is C9H19N3O. The Morgan fingerprint density at radius 1 is 1.38 bits per heavy atom. The lowest BCUT2D eigenvalue weighted by atomic mass is 10.3. The van der Waals surface area contributed by atoms with E-state index in [-0.39, 0.29) is 5.84 Å². The van der Waals surface area contributed by atoms with Crippen LogP contribution in [0.15, 0.2) is 16.8 Å². The zero-order valence-electron chi connectivity index (χ0n) is 9.03. The van der Waals surface area contributed by atoms with Crippen molar-refractivity contribution in [2.24, 2.45) is 10.7 Å². The summed E-state index contributed by atoms with van der Waals surface area (Å²) >= 11 is 0. The highest BCUT2D eigenvalue weighted by Gasteiger charge is 1.94.